The number of ether oxygens (including phenoxy) is 1. The van der Waals surface area contributed by atoms with Gasteiger partial charge in [0.1, 0.15) is 11.9 Å². The van der Waals surface area contributed by atoms with Crippen LogP contribution < -0.4 is 4.74 Å². The van der Waals surface area contributed by atoms with E-state index in [1.165, 1.54) is 31.2 Å². The van der Waals surface area contributed by atoms with E-state index in [-0.39, 0.29) is 12.3 Å². The van der Waals surface area contributed by atoms with Crippen LogP contribution in [0.15, 0.2) is 24.3 Å². The molecule has 4 nitrogen and oxygen atoms in total. The largest absolute Gasteiger partial charge is 0.493 e. The number of hydrogen-bond donors (Lipinski definition) is 0. The molecule has 15 heavy (non-hydrogen) atoms. The molecular weight excluding hydrogens is 201 g/mol. The van der Waals surface area contributed by atoms with Gasteiger partial charge in [-0.1, -0.05) is 0 Å². The molecule has 0 aliphatic carbocycles. The molecule has 0 spiro atoms. The maximum atomic E-state index is 12.4. The van der Waals surface area contributed by atoms with Crippen molar-refractivity contribution in [2.45, 2.75) is 19.5 Å². The molecule has 0 heterocycles. The van der Waals surface area contributed by atoms with Crippen molar-refractivity contribution in [1.29, 1.82) is 0 Å². The molecule has 82 valence electrons. The van der Waals surface area contributed by atoms with Crippen molar-refractivity contribution in [2.75, 3.05) is 6.61 Å². The van der Waals surface area contributed by atoms with Gasteiger partial charge in [-0.15, -0.1) is 0 Å². The van der Waals surface area contributed by atoms with Crippen molar-refractivity contribution in [3.05, 3.63) is 34.4 Å². The molecule has 0 N–H and O–H groups in total. The zero-order chi connectivity index (χ0) is 11.3. The average Bonchev–Trinajstić information content (AvgIpc) is 2.18. The second-order valence-corrected chi connectivity index (χ2v) is 3.17. The highest BCUT2D eigenvalue weighted by molar-refractivity contribution is 5.35. The van der Waals surface area contributed by atoms with Gasteiger partial charge in [-0.3, -0.25) is 10.1 Å². The molecule has 0 fully saturated rings. The van der Waals surface area contributed by atoms with Crippen LogP contribution in [0.3, 0.4) is 0 Å². The molecule has 0 saturated carbocycles. The number of halogens is 1. The predicted molar refractivity (Wildman–Crippen MR) is 53.8 cm³/mol. The fourth-order valence-corrected chi connectivity index (χ4v) is 1.00. The normalized spacial score (nSPS) is 12.1. The molecule has 5 heteroatoms. The molecule has 0 aliphatic heterocycles. The Morgan fingerprint density at radius 1 is 1.47 bits per heavy atom. The van der Waals surface area contributed by atoms with Crippen LogP contribution in [0.5, 0.6) is 5.75 Å². The van der Waals surface area contributed by atoms with E-state index in [0.29, 0.717) is 12.2 Å². The molecule has 0 saturated heterocycles. The quantitative estimate of drug-likeness (QED) is 0.558. The topological polar surface area (TPSA) is 52.4 Å². The molecule has 1 atom stereocenters. The van der Waals surface area contributed by atoms with Crippen molar-refractivity contribution < 1.29 is 14.1 Å². The van der Waals surface area contributed by atoms with Gasteiger partial charge >= 0.3 is 0 Å². The summed E-state index contributed by atoms with van der Waals surface area (Å²) in [6, 6.07) is 5.71. The van der Waals surface area contributed by atoms with Crippen molar-refractivity contribution >= 4 is 5.69 Å². The SMILES string of the molecule is C[C@@H](F)CCOc1ccc([N+](=O)[O-])cc1. The van der Waals surface area contributed by atoms with Crippen LogP contribution in [0, 0.1) is 10.1 Å². The lowest BCUT2D eigenvalue weighted by atomic mass is 10.3. The third-order valence-corrected chi connectivity index (χ3v) is 1.83. The number of benzene rings is 1. The molecule has 0 aromatic heterocycles. The summed E-state index contributed by atoms with van der Waals surface area (Å²) in [6.45, 7) is 1.73. The summed E-state index contributed by atoms with van der Waals surface area (Å²) in [5.41, 5.74) is 0.0150. The fraction of sp³-hybridized carbons (Fsp3) is 0.400. The summed E-state index contributed by atoms with van der Waals surface area (Å²) in [6.07, 6.45) is -0.583. The minimum atomic E-state index is -0.900. The monoisotopic (exact) mass is 213 g/mol. The van der Waals surface area contributed by atoms with Crippen LogP contribution in [-0.4, -0.2) is 17.7 Å². The first-order valence-corrected chi connectivity index (χ1v) is 4.61. The third-order valence-electron chi connectivity index (χ3n) is 1.83. The first-order chi connectivity index (χ1) is 7.09. The molecule has 1 rings (SSSR count). The fourth-order valence-electron chi connectivity index (χ4n) is 1.00. The van der Waals surface area contributed by atoms with Gasteiger partial charge in [-0.05, 0) is 19.1 Å². The lowest BCUT2D eigenvalue weighted by Gasteiger charge is -2.05. The Bertz CT molecular complexity index is 324. The summed E-state index contributed by atoms with van der Waals surface area (Å²) in [7, 11) is 0. The van der Waals surface area contributed by atoms with Gasteiger partial charge < -0.3 is 4.74 Å². The van der Waals surface area contributed by atoms with Crippen molar-refractivity contribution in [3.63, 3.8) is 0 Å². The lowest BCUT2D eigenvalue weighted by Crippen LogP contribution is -2.03. The van der Waals surface area contributed by atoms with Gasteiger partial charge in [0.25, 0.3) is 5.69 Å². The molecular formula is C10H12FNO3. The zero-order valence-corrected chi connectivity index (χ0v) is 8.35. The van der Waals surface area contributed by atoms with E-state index >= 15 is 0 Å². The summed E-state index contributed by atoms with van der Waals surface area (Å²) in [4.78, 5) is 9.85. The summed E-state index contributed by atoms with van der Waals surface area (Å²) < 4.78 is 17.6. The number of nitro groups is 1. The van der Waals surface area contributed by atoms with E-state index in [1.807, 2.05) is 0 Å². The maximum absolute atomic E-state index is 12.4. The molecule has 1 aromatic rings. The van der Waals surface area contributed by atoms with Crippen LogP contribution in [0.25, 0.3) is 0 Å². The number of rotatable bonds is 5. The number of nitro benzene ring substituents is 1. The van der Waals surface area contributed by atoms with Crippen LogP contribution >= 0.6 is 0 Å². The van der Waals surface area contributed by atoms with E-state index in [4.69, 9.17) is 4.74 Å². The van der Waals surface area contributed by atoms with Crippen molar-refractivity contribution in [1.82, 2.24) is 0 Å². The lowest BCUT2D eigenvalue weighted by molar-refractivity contribution is -0.384. The van der Waals surface area contributed by atoms with Gasteiger partial charge in [-0.2, -0.15) is 0 Å². The van der Waals surface area contributed by atoms with E-state index in [2.05, 4.69) is 0 Å². The molecule has 0 aliphatic rings. The Morgan fingerprint density at radius 3 is 2.53 bits per heavy atom. The Labute approximate surface area is 86.8 Å². The Hall–Kier alpha value is -1.65. The predicted octanol–water partition coefficient (Wildman–Crippen LogP) is 2.72. The second kappa shape index (κ2) is 5.29. The highest BCUT2D eigenvalue weighted by Crippen LogP contribution is 2.17. The Balaban J connectivity index is 2.46. The Morgan fingerprint density at radius 2 is 2.07 bits per heavy atom. The molecule has 0 bridgehead atoms. The highest BCUT2D eigenvalue weighted by Gasteiger charge is 2.04. The van der Waals surface area contributed by atoms with Crippen LogP contribution in [0.4, 0.5) is 10.1 Å². The zero-order valence-electron chi connectivity index (χ0n) is 8.35. The van der Waals surface area contributed by atoms with E-state index in [1.54, 1.807) is 0 Å². The van der Waals surface area contributed by atoms with Crippen LogP contribution in [0.2, 0.25) is 0 Å². The Kier molecular flexibility index (Phi) is 4.03. The van der Waals surface area contributed by atoms with Crippen LogP contribution in [0.1, 0.15) is 13.3 Å². The number of non-ortho nitro benzene ring substituents is 1. The second-order valence-electron chi connectivity index (χ2n) is 3.17. The third kappa shape index (κ3) is 3.93. The van der Waals surface area contributed by atoms with E-state index in [9.17, 15) is 14.5 Å². The first-order valence-electron chi connectivity index (χ1n) is 4.61. The summed E-state index contributed by atoms with van der Waals surface area (Å²) in [5.74, 6) is 0.515. The smallest absolute Gasteiger partial charge is 0.269 e. The standard InChI is InChI=1S/C10H12FNO3/c1-8(11)6-7-15-10-4-2-9(3-5-10)12(13)14/h2-5,8H,6-7H2,1H3/t8-/m1/s1. The van der Waals surface area contributed by atoms with Crippen LogP contribution in [-0.2, 0) is 0 Å². The average molecular weight is 213 g/mol. The molecule has 0 radical (unpaired) electrons. The highest BCUT2D eigenvalue weighted by atomic mass is 19.1. The molecule has 0 unspecified atom stereocenters. The van der Waals surface area contributed by atoms with E-state index in [0.717, 1.165) is 0 Å². The van der Waals surface area contributed by atoms with Gasteiger partial charge in [-0.25, -0.2) is 4.39 Å². The summed E-state index contributed by atoms with van der Waals surface area (Å²) >= 11 is 0. The minimum Gasteiger partial charge on any atom is -0.493 e. The van der Waals surface area contributed by atoms with Crippen molar-refractivity contribution in [3.8, 4) is 5.75 Å². The molecule has 0 amide bonds. The summed E-state index contributed by atoms with van der Waals surface area (Å²) in [5, 5.41) is 10.3. The number of hydrogen-bond acceptors (Lipinski definition) is 3. The van der Waals surface area contributed by atoms with Crippen molar-refractivity contribution in [2.24, 2.45) is 0 Å². The van der Waals surface area contributed by atoms with Gasteiger partial charge in [0.05, 0.1) is 11.5 Å². The first kappa shape index (κ1) is 11.4. The number of nitrogens with zero attached hydrogens (tertiary/aromatic N) is 1. The van der Waals surface area contributed by atoms with Gasteiger partial charge in [0.15, 0.2) is 0 Å². The van der Waals surface area contributed by atoms with Gasteiger partial charge in [0, 0.05) is 18.6 Å². The number of alkyl halides is 1. The minimum absolute atomic E-state index is 0.0150. The van der Waals surface area contributed by atoms with Gasteiger partial charge in [0.2, 0.25) is 0 Å². The molecule has 1 aromatic carbocycles. The maximum Gasteiger partial charge on any atom is 0.269 e. The van der Waals surface area contributed by atoms with E-state index < -0.39 is 11.1 Å².